The molecule has 0 saturated carbocycles. The quantitative estimate of drug-likeness (QED) is 0.916. The number of alkyl halides is 3. The van der Waals surface area contributed by atoms with Gasteiger partial charge in [-0.3, -0.25) is 4.79 Å². The zero-order chi connectivity index (χ0) is 14.5. The van der Waals surface area contributed by atoms with Gasteiger partial charge in [-0.05, 0) is 23.8 Å². The molecule has 1 N–H and O–H groups in total. The van der Waals surface area contributed by atoms with Gasteiger partial charge in [-0.25, -0.2) is 0 Å². The molecular formula is C13H14F3NO2. The fourth-order valence-corrected chi connectivity index (χ4v) is 1.40. The number of hydrogen-bond acceptors (Lipinski definition) is 2. The maximum atomic E-state index is 12.6. The fourth-order valence-electron chi connectivity index (χ4n) is 1.40. The van der Waals surface area contributed by atoms with Crippen LogP contribution < -0.4 is 10.1 Å². The van der Waals surface area contributed by atoms with E-state index in [1.807, 2.05) is 0 Å². The molecule has 0 heterocycles. The van der Waals surface area contributed by atoms with Gasteiger partial charge < -0.3 is 10.1 Å². The van der Waals surface area contributed by atoms with Crippen molar-refractivity contribution in [2.75, 3.05) is 13.7 Å². The van der Waals surface area contributed by atoms with Gasteiger partial charge >= 0.3 is 6.18 Å². The van der Waals surface area contributed by atoms with E-state index in [9.17, 15) is 18.0 Å². The second-order valence-electron chi connectivity index (χ2n) is 3.83. The maximum absolute atomic E-state index is 12.6. The third kappa shape index (κ3) is 5.03. The molecule has 0 bridgehead atoms. The number of methoxy groups -OCH3 is 1. The van der Waals surface area contributed by atoms with Gasteiger partial charge in [-0.1, -0.05) is 12.2 Å². The number of nitrogens with one attached hydrogen (secondary N) is 1. The van der Waals surface area contributed by atoms with Crippen LogP contribution in [0.5, 0.6) is 5.75 Å². The third-order valence-corrected chi connectivity index (χ3v) is 2.27. The van der Waals surface area contributed by atoms with Gasteiger partial charge in [0.1, 0.15) is 5.75 Å². The molecule has 1 aromatic rings. The van der Waals surface area contributed by atoms with E-state index >= 15 is 0 Å². The summed E-state index contributed by atoms with van der Waals surface area (Å²) in [5.41, 5.74) is -0.414. The number of halogens is 3. The van der Waals surface area contributed by atoms with E-state index in [1.54, 1.807) is 6.08 Å². The molecule has 19 heavy (non-hydrogen) atoms. The van der Waals surface area contributed by atoms with Crippen LogP contribution in [0.3, 0.4) is 0 Å². The molecule has 0 radical (unpaired) electrons. The van der Waals surface area contributed by atoms with Gasteiger partial charge in [0.05, 0.1) is 12.7 Å². The Morgan fingerprint density at radius 2 is 2.05 bits per heavy atom. The molecule has 1 aromatic carbocycles. The predicted molar refractivity (Wildman–Crippen MR) is 65.7 cm³/mol. The average molecular weight is 273 g/mol. The Kier molecular flexibility index (Phi) is 4.97. The Balaban J connectivity index is 2.91. The number of carbonyl (C=O) groups excluding carboxylic acids is 1. The molecule has 0 aliphatic carbocycles. The molecule has 104 valence electrons. The van der Waals surface area contributed by atoms with Crippen molar-refractivity contribution in [3.8, 4) is 5.75 Å². The first-order chi connectivity index (χ1) is 8.82. The van der Waals surface area contributed by atoms with Crippen molar-refractivity contribution in [1.29, 1.82) is 0 Å². The molecule has 0 aliphatic rings. The van der Waals surface area contributed by atoms with Gasteiger partial charge in [0, 0.05) is 13.5 Å². The average Bonchev–Trinajstić information content (AvgIpc) is 2.33. The predicted octanol–water partition coefficient (Wildman–Crippen LogP) is 2.86. The van der Waals surface area contributed by atoms with Gasteiger partial charge in [-0.2, -0.15) is 13.2 Å². The molecule has 0 fully saturated rings. The molecular weight excluding hydrogens is 259 g/mol. The van der Waals surface area contributed by atoms with Crippen molar-refractivity contribution in [3.63, 3.8) is 0 Å². The van der Waals surface area contributed by atoms with Crippen LogP contribution in [0.4, 0.5) is 13.2 Å². The number of hydrogen-bond donors (Lipinski definition) is 1. The SMILES string of the molecule is COc1cc(C=CCNC(C)=O)cc(C(F)(F)F)c1. The second-order valence-corrected chi connectivity index (χ2v) is 3.83. The molecule has 6 heteroatoms. The summed E-state index contributed by atoms with van der Waals surface area (Å²) in [7, 11) is 1.31. The first-order valence-corrected chi connectivity index (χ1v) is 5.50. The van der Waals surface area contributed by atoms with Gasteiger partial charge in [0.25, 0.3) is 0 Å². The zero-order valence-corrected chi connectivity index (χ0v) is 10.5. The lowest BCUT2D eigenvalue weighted by Crippen LogP contribution is -2.19. The summed E-state index contributed by atoms with van der Waals surface area (Å²) >= 11 is 0. The van der Waals surface area contributed by atoms with E-state index in [0.29, 0.717) is 5.56 Å². The summed E-state index contributed by atoms with van der Waals surface area (Å²) < 4.78 is 42.8. The van der Waals surface area contributed by atoms with Crippen LogP contribution in [0, 0.1) is 0 Å². The van der Waals surface area contributed by atoms with Crippen LogP contribution in [0.1, 0.15) is 18.1 Å². The van der Waals surface area contributed by atoms with Crippen LogP contribution >= 0.6 is 0 Å². The summed E-state index contributed by atoms with van der Waals surface area (Å²) in [4.78, 5) is 10.6. The zero-order valence-electron chi connectivity index (χ0n) is 10.5. The highest BCUT2D eigenvalue weighted by molar-refractivity contribution is 5.73. The fraction of sp³-hybridized carbons (Fsp3) is 0.308. The molecule has 0 saturated heterocycles. The van der Waals surface area contributed by atoms with Crippen molar-refractivity contribution in [2.24, 2.45) is 0 Å². The number of rotatable bonds is 4. The minimum atomic E-state index is -4.42. The van der Waals surface area contributed by atoms with Crippen molar-refractivity contribution in [3.05, 3.63) is 35.4 Å². The van der Waals surface area contributed by atoms with Gasteiger partial charge in [0.2, 0.25) is 5.91 Å². The molecule has 0 atom stereocenters. The summed E-state index contributed by atoms with van der Waals surface area (Å²) in [6, 6.07) is 3.44. The number of ether oxygens (including phenoxy) is 1. The molecule has 0 aromatic heterocycles. The van der Waals surface area contributed by atoms with Crippen LogP contribution in [0.15, 0.2) is 24.3 Å². The molecule has 1 amide bonds. The Labute approximate surface area is 109 Å². The number of amides is 1. The van der Waals surface area contributed by atoms with Crippen LogP contribution in [0.25, 0.3) is 6.08 Å². The van der Waals surface area contributed by atoms with Crippen LogP contribution in [0.2, 0.25) is 0 Å². The van der Waals surface area contributed by atoms with Gasteiger partial charge in [0.15, 0.2) is 0 Å². The first-order valence-electron chi connectivity index (χ1n) is 5.50. The normalized spacial score (nSPS) is 11.6. The smallest absolute Gasteiger partial charge is 0.416 e. The van der Waals surface area contributed by atoms with E-state index in [0.717, 1.165) is 12.1 Å². The summed E-state index contributed by atoms with van der Waals surface area (Å²) in [5, 5.41) is 2.51. The van der Waals surface area contributed by atoms with E-state index in [1.165, 1.54) is 26.2 Å². The van der Waals surface area contributed by atoms with Crippen LogP contribution in [-0.4, -0.2) is 19.6 Å². The summed E-state index contributed by atoms with van der Waals surface area (Å²) in [6.45, 7) is 1.62. The third-order valence-electron chi connectivity index (χ3n) is 2.27. The summed E-state index contributed by atoms with van der Waals surface area (Å²) in [6.07, 6.45) is -1.36. The molecule has 0 spiro atoms. The second kappa shape index (κ2) is 6.26. The molecule has 0 aliphatic heterocycles. The standard InChI is InChI=1S/C13H14F3NO2/c1-9(18)17-5-3-4-10-6-11(13(14,15)16)8-12(7-10)19-2/h3-4,6-8H,5H2,1-2H3,(H,17,18). The van der Waals surface area contributed by atoms with Crippen molar-refractivity contribution in [2.45, 2.75) is 13.1 Å². The van der Waals surface area contributed by atoms with E-state index < -0.39 is 11.7 Å². The highest BCUT2D eigenvalue weighted by Gasteiger charge is 2.31. The lowest BCUT2D eigenvalue weighted by atomic mass is 10.1. The Morgan fingerprint density at radius 1 is 1.37 bits per heavy atom. The van der Waals surface area contributed by atoms with Crippen molar-refractivity contribution < 1.29 is 22.7 Å². The maximum Gasteiger partial charge on any atom is 0.416 e. The van der Waals surface area contributed by atoms with Crippen molar-refractivity contribution >= 4 is 12.0 Å². The highest BCUT2D eigenvalue weighted by Crippen LogP contribution is 2.32. The number of benzene rings is 1. The lowest BCUT2D eigenvalue weighted by molar-refractivity contribution is -0.137. The Bertz CT molecular complexity index is 481. The molecule has 1 rings (SSSR count). The Morgan fingerprint density at radius 3 is 2.58 bits per heavy atom. The highest BCUT2D eigenvalue weighted by atomic mass is 19.4. The Hall–Kier alpha value is -1.98. The van der Waals surface area contributed by atoms with E-state index in [2.05, 4.69) is 5.32 Å². The number of carbonyl (C=O) groups is 1. The van der Waals surface area contributed by atoms with Gasteiger partial charge in [-0.15, -0.1) is 0 Å². The molecule has 0 unspecified atom stereocenters. The van der Waals surface area contributed by atoms with Crippen LogP contribution in [-0.2, 0) is 11.0 Å². The van der Waals surface area contributed by atoms with Crippen molar-refractivity contribution in [1.82, 2.24) is 5.32 Å². The molecule has 3 nitrogen and oxygen atoms in total. The topological polar surface area (TPSA) is 38.3 Å². The minimum absolute atomic E-state index is 0.133. The monoisotopic (exact) mass is 273 g/mol. The first kappa shape index (κ1) is 15.1. The largest absolute Gasteiger partial charge is 0.497 e. The lowest BCUT2D eigenvalue weighted by Gasteiger charge is -2.10. The van der Waals surface area contributed by atoms with E-state index in [4.69, 9.17) is 4.74 Å². The minimum Gasteiger partial charge on any atom is -0.497 e. The summed E-state index contributed by atoms with van der Waals surface area (Å²) in [5.74, 6) is -0.0692. The van der Waals surface area contributed by atoms with E-state index in [-0.39, 0.29) is 18.2 Å².